The van der Waals surface area contributed by atoms with E-state index in [0.29, 0.717) is 11.7 Å². The highest BCUT2D eigenvalue weighted by molar-refractivity contribution is 5.79. The Morgan fingerprint density at radius 1 is 1.45 bits per heavy atom. The van der Waals surface area contributed by atoms with Crippen LogP contribution in [0.25, 0.3) is 0 Å². The molecule has 2 saturated carbocycles. The number of rotatable bonds is 4. The molecule has 2 aliphatic carbocycles. The summed E-state index contributed by atoms with van der Waals surface area (Å²) in [5.74, 6) is 2.84. The number of carbonyl (C=O) groups excluding carboxylic acids is 1. The Balaban J connectivity index is 1.57. The number of fused-ring (bicyclic) bond motifs is 2. The van der Waals surface area contributed by atoms with E-state index >= 15 is 0 Å². The van der Waals surface area contributed by atoms with Gasteiger partial charge in [-0.3, -0.25) is 4.79 Å². The molecular weight excluding hydrogens is 254 g/mol. The monoisotopic (exact) mass is 277 g/mol. The third-order valence-corrected chi connectivity index (χ3v) is 4.95. The van der Waals surface area contributed by atoms with E-state index in [1.165, 1.54) is 19.3 Å². The maximum absolute atomic E-state index is 12.3. The third kappa shape index (κ3) is 2.49. The van der Waals surface area contributed by atoms with Crippen molar-refractivity contribution in [2.45, 2.75) is 45.1 Å². The van der Waals surface area contributed by atoms with Crippen LogP contribution >= 0.6 is 0 Å². The molecule has 110 valence electrons. The molecule has 2 bridgehead atoms. The van der Waals surface area contributed by atoms with Crippen LogP contribution in [-0.4, -0.2) is 17.6 Å². The lowest BCUT2D eigenvalue weighted by Crippen LogP contribution is -2.42. The van der Waals surface area contributed by atoms with Crippen LogP contribution in [0, 0.1) is 24.7 Å². The average Bonchev–Trinajstić information content (AvgIpc) is 3.11. The summed E-state index contributed by atoms with van der Waals surface area (Å²) in [7, 11) is 0. The maximum atomic E-state index is 12.3. The van der Waals surface area contributed by atoms with E-state index in [9.17, 15) is 9.90 Å². The van der Waals surface area contributed by atoms with Crippen LogP contribution in [0.2, 0.25) is 0 Å². The highest BCUT2D eigenvalue weighted by Crippen LogP contribution is 2.48. The zero-order valence-electron chi connectivity index (χ0n) is 12.2. The normalized spacial score (nSPS) is 31.2. The van der Waals surface area contributed by atoms with Crippen molar-refractivity contribution in [1.29, 1.82) is 0 Å². The molecule has 2 fully saturated rings. The maximum Gasteiger partial charge on any atom is 0.223 e. The van der Waals surface area contributed by atoms with Crippen molar-refractivity contribution >= 4 is 5.91 Å². The number of hydrogen-bond donors (Lipinski definition) is 2. The molecule has 1 heterocycles. The van der Waals surface area contributed by atoms with Gasteiger partial charge in [0.05, 0.1) is 6.54 Å². The summed E-state index contributed by atoms with van der Waals surface area (Å²) in [6, 6.07) is 3.58. The van der Waals surface area contributed by atoms with E-state index in [2.05, 4.69) is 5.32 Å². The summed E-state index contributed by atoms with van der Waals surface area (Å²) < 4.78 is 5.45. The van der Waals surface area contributed by atoms with Gasteiger partial charge < -0.3 is 14.8 Å². The van der Waals surface area contributed by atoms with E-state index < -0.39 is 5.60 Å². The number of aryl methyl sites for hydroxylation is 1. The Bertz CT molecular complexity index is 506. The fourth-order valence-electron chi connectivity index (χ4n) is 3.77. The van der Waals surface area contributed by atoms with Crippen molar-refractivity contribution in [1.82, 2.24) is 5.32 Å². The first-order valence-electron chi connectivity index (χ1n) is 7.53. The predicted molar refractivity (Wildman–Crippen MR) is 75.0 cm³/mol. The van der Waals surface area contributed by atoms with Crippen molar-refractivity contribution in [3.8, 4) is 0 Å². The largest absolute Gasteiger partial charge is 0.463 e. The summed E-state index contributed by atoms with van der Waals surface area (Å²) in [5, 5.41) is 13.3. The molecule has 0 aliphatic heterocycles. The quantitative estimate of drug-likeness (QED) is 0.888. The molecule has 4 nitrogen and oxygen atoms in total. The summed E-state index contributed by atoms with van der Waals surface area (Å²) in [6.07, 6.45) is 4.72. The first-order valence-corrected chi connectivity index (χ1v) is 7.53. The summed E-state index contributed by atoms with van der Waals surface area (Å²) >= 11 is 0. The Labute approximate surface area is 119 Å². The van der Waals surface area contributed by atoms with E-state index in [0.717, 1.165) is 18.1 Å². The molecule has 4 unspecified atom stereocenters. The van der Waals surface area contributed by atoms with Crippen LogP contribution < -0.4 is 5.32 Å². The standard InChI is InChI=1S/C16H23NO3/c1-10-3-6-14(20-10)16(2,19)9-17-15(18)13-8-11-4-5-12(13)7-11/h3,6,11-13,19H,4-5,7-9H2,1-2H3,(H,17,18). The number of nitrogens with one attached hydrogen (secondary N) is 1. The second-order valence-electron chi connectivity index (χ2n) is 6.68. The lowest BCUT2D eigenvalue weighted by atomic mass is 9.88. The molecular formula is C16H23NO3. The second-order valence-corrected chi connectivity index (χ2v) is 6.68. The minimum atomic E-state index is -1.15. The Morgan fingerprint density at radius 3 is 2.80 bits per heavy atom. The highest BCUT2D eigenvalue weighted by atomic mass is 16.4. The van der Waals surface area contributed by atoms with Crippen LogP contribution in [0.3, 0.4) is 0 Å². The number of carbonyl (C=O) groups is 1. The van der Waals surface area contributed by atoms with Crippen molar-refractivity contribution in [2.75, 3.05) is 6.54 Å². The van der Waals surface area contributed by atoms with Gasteiger partial charge in [0.25, 0.3) is 0 Å². The second kappa shape index (κ2) is 4.92. The first-order chi connectivity index (χ1) is 9.45. The minimum Gasteiger partial charge on any atom is -0.463 e. The molecule has 0 saturated heterocycles. The smallest absolute Gasteiger partial charge is 0.223 e. The van der Waals surface area contributed by atoms with Gasteiger partial charge in [0.2, 0.25) is 5.91 Å². The van der Waals surface area contributed by atoms with Gasteiger partial charge in [0.15, 0.2) is 0 Å². The van der Waals surface area contributed by atoms with Crippen molar-refractivity contribution in [3.05, 3.63) is 23.7 Å². The number of furan rings is 1. The fourth-order valence-corrected chi connectivity index (χ4v) is 3.77. The van der Waals surface area contributed by atoms with Crippen molar-refractivity contribution in [2.24, 2.45) is 17.8 Å². The zero-order valence-corrected chi connectivity index (χ0v) is 12.2. The molecule has 2 N–H and O–H groups in total. The Kier molecular flexibility index (Phi) is 3.36. The lowest BCUT2D eigenvalue weighted by molar-refractivity contribution is -0.127. The molecule has 4 heteroatoms. The number of hydrogen-bond acceptors (Lipinski definition) is 3. The van der Waals surface area contributed by atoms with E-state index in [1.807, 2.05) is 13.0 Å². The molecule has 20 heavy (non-hydrogen) atoms. The van der Waals surface area contributed by atoms with Crippen molar-refractivity contribution in [3.63, 3.8) is 0 Å². The topological polar surface area (TPSA) is 62.5 Å². The van der Waals surface area contributed by atoms with Gasteiger partial charge in [0, 0.05) is 5.92 Å². The molecule has 1 aromatic rings. The average molecular weight is 277 g/mol. The molecule has 0 radical (unpaired) electrons. The highest BCUT2D eigenvalue weighted by Gasteiger charge is 2.43. The summed E-state index contributed by atoms with van der Waals surface area (Å²) in [6.45, 7) is 3.71. The van der Waals surface area contributed by atoms with E-state index in [4.69, 9.17) is 4.42 Å². The van der Waals surface area contributed by atoms with Gasteiger partial charge in [0.1, 0.15) is 17.1 Å². The SMILES string of the molecule is Cc1ccc(C(C)(O)CNC(=O)C2CC3CCC2C3)o1. The first kappa shape index (κ1) is 13.7. The summed E-state index contributed by atoms with van der Waals surface area (Å²) in [5.41, 5.74) is -1.15. The molecule has 1 amide bonds. The van der Waals surface area contributed by atoms with Crippen LogP contribution in [0.5, 0.6) is 0 Å². The number of aliphatic hydroxyl groups is 1. The van der Waals surface area contributed by atoms with Crippen molar-refractivity contribution < 1.29 is 14.3 Å². The molecule has 4 atom stereocenters. The van der Waals surface area contributed by atoms with Gasteiger partial charge in [-0.25, -0.2) is 0 Å². The fraction of sp³-hybridized carbons (Fsp3) is 0.688. The molecule has 3 rings (SSSR count). The lowest BCUT2D eigenvalue weighted by Gasteiger charge is -2.25. The van der Waals surface area contributed by atoms with E-state index in [-0.39, 0.29) is 18.4 Å². The van der Waals surface area contributed by atoms with Gasteiger partial charge >= 0.3 is 0 Å². The molecule has 0 spiro atoms. The molecule has 0 aromatic carbocycles. The third-order valence-electron chi connectivity index (χ3n) is 4.95. The Morgan fingerprint density at radius 2 is 2.25 bits per heavy atom. The van der Waals surface area contributed by atoms with Crippen LogP contribution in [-0.2, 0) is 10.4 Å². The summed E-state index contributed by atoms with van der Waals surface area (Å²) in [4.78, 5) is 12.3. The van der Waals surface area contributed by atoms with Gasteiger partial charge in [-0.15, -0.1) is 0 Å². The number of amides is 1. The van der Waals surface area contributed by atoms with Gasteiger partial charge in [-0.05, 0) is 57.1 Å². The Hall–Kier alpha value is -1.29. The van der Waals surface area contributed by atoms with Gasteiger partial charge in [-0.2, -0.15) is 0 Å². The molecule has 1 aromatic heterocycles. The van der Waals surface area contributed by atoms with Crippen LogP contribution in [0.15, 0.2) is 16.5 Å². The zero-order chi connectivity index (χ0) is 14.3. The van der Waals surface area contributed by atoms with E-state index in [1.54, 1.807) is 13.0 Å². The van der Waals surface area contributed by atoms with Crippen LogP contribution in [0.4, 0.5) is 0 Å². The van der Waals surface area contributed by atoms with Crippen LogP contribution in [0.1, 0.15) is 44.1 Å². The molecule has 2 aliphatic rings. The minimum absolute atomic E-state index is 0.0979. The van der Waals surface area contributed by atoms with Gasteiger partial charge in [-0.1, -0.05) is 6.42 Å². The predicted octanol–water partition coefficient (Wildman–Crippen LogP) is 2.35.